The third-order valence-electron chi connectivity index (χ3n) is 2.67. The van der Waals surface area contributed by atoms with E-state index in [2.05, 4.69) is 31.5 Å². The summed E-state index contributed by atoms with van der Waals surface area (Å²) in [7, 11) is 0. The van der Waals surface area contributed by atoms with Crippen LogP contribution in [0.5, 0.6) is 0 Å². The lowest BCUT2D eigenvalue weighted by molar-refractivity contribution is 0.0528. The Labute approximate surface area is 137 Å². The van der Waals surface area contributed by atoms with Gasteiger partial charge in [0.25, 0.3) is 6.01 Å². The molecule has 1 aromatic carbocycles. The van der Waals surface area contributed by atoms with E-state index in [1.807, 2.05) is 39.0 Å². The Kier molecular flexibility index (Phi) is 5.28. The van der Waals surface area contributed by atoms with Crippen molar-refractivity contribution in [2.45, 2.75) is 32.8 Å². The van der Waals surface area contributed by atoms with E-state index in [0.717, 1.165) is 22.0 Å². The van der Waals surface area contributed by atoms with Crippen molar-refractivity contribution in [3.8, 4) is 0 Å². The molecule has 120 valence electrons. The molecular weight excluding hydrogens is 350 g/mol. The number of amides is 1. The number of fused-ring (bicyclic) bond motifs is 1. The standard InChI is InChI=1S/C15H20BrN3O3/c1-15(2,3)22-14(20)18-9-5-8-17-13-19-12-10(16)6-4-7-11(12)21-13/h4,6-7H,5,8-9H2,1-3H3,(H,17,19)(H,18,20). The quantitative estimate of drug-likeness (QED) is 0.781. The highest BCUT2D eigenvalue weighted by molar-refractivity contribution is 9.10. The third-order valence-corrected chi connectivity index (χ3v) is 3.31. The summed E-state index contributed by atoms with van der Waals surface area (Å²) >= 11 is 3.43. The van der Waals surface area contributed by atoms with Gasteiger partial charge in [-0.05, 0) is 55.3 Å². The summed E-state index contributed by atoms with van der Waals surface area (Å²) in [6.45, 7) is 6.66. The average Bonchev–Trinajstić information content (AvgIpc) is 2.80. The van der Waals surface area contributed by atoms with Crippen molar-refractivity contribution in [3.63, 3.8) is 0 Å². The monoisotopic (exact) mass is 369 g/mol. The minimum Gasteiger partial charge on any atom is -0.444 e. The second-order valence-electron chi connectivity index (χ2n) is 5.81. The van der Waals surface area contributed by atoms with E-state index in [1.165, 1.54) is 0 Å². The SMILES string of the molecule is CC(C)(C)OC(=O)NCCCNc1nc2c(Br)cccc2o1. The fourth-order valence-electron chi connectivity index (χ4n) is 1.78. The van der Waals surface area contributed by atoms with E-state index in [-0.39, 0.29) is 0 Å². The molecule has 0 unspecified atom stereocenters. The van der Waals surface area contributed by atoms with Gasteiger partial charge in [-0.2, -0.15) is 4.98 Å². The fourth-order valence-corrected chi connectivity index (χ4v) is 2.22. The Morgan fingerprint density at radius 2 is 2.14 bits per heavy atom. The Morgan fingerprint density at radius 1 is 1.36 bits per heavy atom. The van der Waals surface area contributed by atoms with Crippen LogP contribution >= 0.6 is 15.9 Å². The minimum absolute atomic E-state index is 0.404. The van der Waals surface area contributed by atoms with Gasteiger partial charge in [-0.15, -0.1) is 0 Å². The first-order valence-electron chi connectivity index (χ1n) is 7.11. The van der Waals surface area contributed by atoms with Crippen molar-refractivity contribution in [3.05, 3.63) is 22.7 Å². The molecule has 0 saturated carbocycles. The molecule has 2 N–H and O–H groups in total. The molecule has 2 rings (SSSR count). The first-order valence-corrected chi connectivity index (χ1v) is 7.90. The zero-order valence-electron chi connectivity index (χ0n) is 12.9. The summed E-state index contributed by atoms with van der Waals surface area (Å²) in [6, 6.07) is 6.15. The zero-order valence-corrected chi connectivity index (χ0v) is 14.5. The number of nitrogens with one attached hydrogen (secondary N) is 2. The number of anilines is 1. The van der Waals surface area contributed by atoms with Crippen molar-refractivity contribution < 1.29 is 13.9 Å². The van der Waals surface area contributed by atoms with Crippen molar-refractivity contribution in [1.82, 2.24) is 10.3 Å². The molecule has 0 fully saturated rings. The number of aromatic nitrogens is 1. The number of hydrogen-bond acceptors (Lipinski definition) is 5. The van der Waals surface area contributed by atoms with E-state index in [1.54, 1.807) is 0 Å². The Hall–Kier alpha value is -1.76. The van der Waals surface area contributed by atoms with E-state index < -0.39 is 11.7 Å². The number of carbonyl (C=O) groups is 1. The summed E-state index contributed by atoms with van der Waals surface area (Å²) < 4.78 is 11.6. The highest BCUT2D eigenvalue weighted by atomic mass is 79.9. The lowest BCUT2D eigenvalue weighted by Crippen LogP contribution is -2.33. The maximum absolute atomic E-state index is 11.5. The zero-order chi connectivity index (χ0) is 16.2. The number of para-hydroxylation sites is 1. The van der Waals surface area contributed by atoms with Gasteiger partial charge in [0.1, 0.15) is 11.1 Å². The predicted molar refractivity (Wildman–Crippen MR) is 89.1 cm³/mol. The number of carbonyl (C=O) groups excluding carboxylic acids is 1. The number of alkyl carbamates (subject to hydrolysis) is 1. The van der Waals surface area contributed by atoms with E-state index >= 15 is 0 Å². The van der Waals surface area contributed by atoms with Gasteiger partial charge in [-0.25, -0.2) is 4.79 Å². The molecule has 22 heavy (non-hydrogen) atoms. The second kappa shape index (κ2) is 7.00. The molecule has 1 amide bonds. The van der Waals surface area contributed by atoms with Crippen molar-refractivity contribution in [1.29, 1.82) is 0 Å². The largest absolute Gasteiger partial charge is 0.444 e. The van der Waals surface area contributed by atoms with Crippen LogP contribution in [-0.2, 0) is 4.74 Å². The van der Waals surface area contributed by atoms with Gasteiger partial charge in [0.05, 0.1) is 0 Å². The molecular formula is C15H20BrN3O3. The van der Waals surface area contributed by atoms with Gasteiger partial charge in [-0.3, -0.25) is 0 Å². The van der Waals surface area contributed by atoms with Crippen LogP contribution in [0, 0.1) is 0 Å². The Balaban J connectivity index is 1.72. The van der Waals surface area contributed by atoms with Crippen LogP contribution in [0.3, 0.4) is 0 Å². The first-order chi connectivity index (χ1) is 10.3. The molecule has 6 nitrogen and oxygen atoms in total. The number of benzene rings is 1. The maximum Gasteiger partial charge on any atom is 0.407 e. The average molecular weight is 370 g/mol. The molecule has 0 aliphatic rings. The van der Waals surface area contributed by atoms with Gasteiger partial charge < -0.3 is 19.8 Å². The number of ether oxygens (including phenoxy) is 1. The van der Waals surface area contributed by atoms with Gasteiger partial charge in [0.15, 0.2) is 5.58 Å². The lowest BCUT2D eigenvalue weighted by atomic mass is 10.2. The van der Waals surface area contributed by atoms with E-state index in [9.17, 15) is 4.79 Å². The molecule has 2 aromatic rings. The van der Waals surface area contributed by atoms with E-state index in [4.69, 9.17) is 9.15 Å². The summed E-state index contributed by atoms with van der Waals surface area (Å²) in [5.74, 6) is 0. The van der Waals surface area contributed by atoms with Crippen molar-refractivity contribution >= 4 is 39.1 Å². The summed E-state index contributed by atoms with van der Waals surface area (Å²) in [5, 5.41) is 5.79. The van der Waals surface area contributed by atoms with Gasteiger partial charge in [-0.1, -0.05) is 6.07 Å². The maximum atomic E-state index is 11.5. The van der Waals surface area contributed by atoms with Crippen LogP contribution in [0.2, 0.25) is 0 Å². The normalized spacial score (nSPS) is 11.5. The Bertz CT molecular complexity index is 649. The van der Waals surface area contributed by atoms with Crippen LogP contribution in [0.4, 0.5) is 10.8 Å². The highest BCUT2D eigenvalue weighted by Gasteiger charge is 2.15. The first kappa shape index (κ1) is 16.6. The number of oxazole rings is 1. The number of hydrogen-bond donors (Lipinski definition) is 2. The summed E-state index contributed by atoms with van der Waals surface area (Å²) in [6.07, 6.45) is 0.331. The fraction of sp³-hybridized carbons (Fsp3) is 0.467. The molecule has 0 saturated heterocycles. The van der Waals surface area contributed by atoms with Crippen molar-refractivity contribution in [2.75, 3.05) is 18.4 Å². The molecule has 1 heterocycles. The van der Waals surface area contributed by atoms with Crippen LogP contribution in [0.1, 0.15) is 27.2 Å². The van der Waals surface area contributed by atoms with Crippen LogP contribution < -0.4 is 10.6 Å². The number of halogens is 1. The molecule has 7 heteroatoms. The molecule has 1 aromatic heterocycles. The topological polar surface area (TPSA) is 76.4 Å². The van der Waals surface area contributed by atoms with Crippen LogP contribution in [-0.4, -0.2) is 29.8 Å². The highest BCUT2D eigenvalue weighted by Crippen LogP contribution is 2.25. The molecule has 0 radical (unpaired) electrons. The third kappa shape index (κ3) is 4.91. The molecule has 0 aliphatic carbocycles. The van der Waals surface area contributed by atoms with Gasteiger partial charge >= 0.3 is 6.09 Å². The lowest BCUT2D eigenvalue weighted by Gasteiger charge is -2.19. The van der Waals surface area contributed by atoms with E-state index in [0.29, 0.717) is 19.1 Å². The van der Waals surface area contributed by atoms with Gasteiger partial charge in [0.2, 0.25) is 0 Å². The number of rotatable bonds is 5. The molecule has 0 spiro atoms. The smallest absolute Gasteiger partial charge is 0.407 e. The summed E-state index contributed by atoms with van der Waals surface area (Å²) in [5.41, 5.74) is 1.04. The molecule has 0 bridgehead atoms. The van der Waals surface area contributed by atoms with Crippen molar-refractivity contribution in [2.24, 2.45) is 0 Å². The number of nitrogens with zero attached hydrogens (tertiary/aromatic N) is 1. The molecule has 0 aliphatic heterocycles. The molecule has 0 atom stereocenters. The predicted octanol–water partition coefficient (Wildman–Crippen LogP) is 3.92. The minimum atomic E-state index is -0.478. The Morgan fingerprint density at radius 3 is 2.82 bits per heavy atom. The second-order valence-corrected chi connectivity index (χ2v) is 6.67. The summed E-state index contributed by atoms with van der Waals surface area (Å²) in [4.78, 5) is 15.8. The van der Waals surface area contributed by atoms with Gasteiger partial charge in [0, 0.05) is 17.6 Å². The van der Waals surface area contributed by atoms with Crippen LogP contribution in [0.15, 0.2) is 27.1 Å². The van der Waals surface area contributed by atoms with Crippen LogP contribution in [0.25, 0.3) is 11.1 Å².